The molecule has 0 atom stereocenters. The van der Waals surface area contributed by atoms with Gasteiger partial charge in [-0.2, -0.15) is 5.10 Å². The Labute approximate surface area is 124 Å². The van der Waals surface area contributed by atoms with Crippen molar-refractivity contribution in [3.05, 3.63) is 65.2 Å². The quantitative estimate of drug-likeness (QED) is 0.668. The van der Waals surface area contributed by atoms with Crippen molar-refractivity contribution in [3.8, 4) is 5.75 Å². The third-order valence-corrected chi connectivity index (χ3v) is 3.25. The van der Waals surface area contributed by atoms with Crippen molar-refractivity contribution in [3.63, 3.8) is 0 Å². The van der Waals surface area contributed by atoms with Crippen LogP contribution < -0.4 is 5.43 Å². The fourth-order valence-electron chi connectivity index (χ4n) is 1.91. The van der Waals surface area contributed by atoms with Gasteiger partial charge in [-0.25, -0.2) is 5.43 Å². The van der Waals surface area contributed by atoms with E-state index in [0.717, 1.165) is 12.0 Å². The molecule has 2 aromatic carbocycles. The molecular formula is C17H18N2O2. The summed E-state index contributed by atoms with van der Waals surface area (Å²) >= 11 is 0. The molecule has 0 saturated carbocycles. The number of nitrogens with one attached hydrogen (secondary N) is 1. The van der Waals surface area contributed by atoms with Crippen LogP contribution in [0.15, 0.2) is 53.6 Å². The molecule has 2 aromatic rings. The average Bonchev–Trinajstić information content (AvgIpc) is 2.52. The number of nitrogens with zero attached hydrogens (tertiary/aromatic N) is 1. The standard InChI is InChI=1S/C17H18N2O2/c1-3-13-8-10-14(11-9-13)12(2)18-19-17(21)15-6-4-5-7-16(15)20/h4-11,20H,3H2,1-2H3,(H,19,21)/b18-12+. The summed E-state index contributed by atoms with van der Waals surface area (Å²) in [5.74, 6) is -0.493. The fourth-order valence-corrected chi connectivity index (χ4v) is 1.91. The largest absolute Gasteiger partial charge is 0.507 e. The zero-order valence-electron chi connectivity index (χ0n) is 12.1. The van der Waals surface area contributed by atoms with Gasteiger partial charge in [0.05, 0.1) is 11.3 Å². The molecule has 0 aromatic heterocycles. The maximum Gasteiger partial charge on any atom is 0.275 e. The second-order valence-electron chi connectivity index (χ2n) is 4.71. The molecule has 0 aliphatic carbocycles. The Bertz CT molecular complexity index is 661. The molecule has 2 N–H and O–H groups in total. The van der Waals surface area contributed by atoms with E-state index in [1.165, 1.54) is 11.6 Å². The minimum atomic E-state index is -0.433. The molecule has 0 aliphatic heterocycles. The van der Waals surface area contributed by atoms with Crippen molar-refractivity contribution in [1.82, 2.24) is 5.43 Å². The van der Waals surface area contributed by atoms with E-state index in [9.17, 15) is 9.90 Å². The first kappa shape index (κ1) is 14.8. The van der Waals surface area contributed by atoms with E-state index < -0.39 is 5.91 Å². The Balaban J connectivity index is 2.09. The second kappa shape index (κ2) is 6.70. The fraction of sp³-hybridized carbons (Fsp3) is 0.176. The van der Waals surface area contributed by atoms with Crippen LogP contribution in [0.25, 0.3) is 0 Å². The van der Waals surface area contributed by atoms with E-state index >= 15 is 0 Å². The van der Waals surface area contributed by atoms with E-state index in [1.807, 2.05) is 31.2 Å². The highest BCUT2D eigenvalue weighted by molar-refractivity contribution is 6.01. The summed E-state index contributed by atoms with van der Waals surface area (Å²) in [4.78, 5) is 11.9. The predicted octanol–water partition coefficient (Wildman–Crippen LogP) is 3.11. The molecule has 0 aliphatic rings. The number of hydrazone groups is 1. The van der Waals surface area contributed by atoms with Gasteiger partial charge in [0.2, 0.25) is 0 Å². The highest BCUT2D eigenvalue weighted by Gasteiger charge is 2.09. The summed E-state index contributed by atoms with van der Waals surface area (Å²) in [6.07, 6.45) is 0.987. The van der Waals surface area contributed by atoms with Crippen molar-refractivity contribution in [2.75, 3.05) is 0 Å². The zero-order chi connectivity index (χ0) is 15.2. The number of phenolic OH excluding ortho intramolecular Hbond substituents is 1. The molecule has 2 rings (SSSR count). The van der Waals surface area contributed by atoms with Gasteiger partial charge in [0.25, 0.3) is 5.91 Å². The van der Waals surface area contributed by atoms with Gasteiger partial charge in [-0.1, -0.05) is 43.3 Å². The van der Waals surface area contributed by atoms with Crippen molar-refractivity contribution >= 4 is 11.6 Å². The number of para-hydroxylation sites is 1. The highest BCUT2D eigenvalue weighted by Crippen LogP contribution is 2.15. The highest BCUT2D eigenvalue weighted by atomic mass is 16.3. The van der Waals surface area contributed by atoms with Crippen LogP contribution >= 0.6 is 0 Å². The number of carbonyl (C=O) groups is 1. The summed E-state index contributed by atoms with van der Waals surface area (Å²) in [7, 11) is 0. The van der Waals surface area contributed by atoms with E-state index in [2.05, 4.69) is 17.5 Å². The molecule has 0 radical (unpaired) electrons. The van der Waals surface area contributed by atoms with Crippen LogP contribution in [0.5, 0.6) is 5.75 Å². The minimum absolute atomic E-state index is 0.0600. The number of hydrogen-bond donors (Lipinski definition) is 2. The predicted molar refractivity (Wildman–Crippen MR) is 83.6 cm³/mol. The molecule has 0 heterocycles. The molecule has 108 valence electrons. The normalized spacial score (nSPS) is 11.2. The lowest BCUT2D eigenvalue weighted by atomic mass is 10.1. The number of hydrogen-bond acceptors (Lipinski definition) is 3. The van der Waals surface area contributed by atoms with Crippen LogP contribution in [0, 0.1) is 0 Å². The number of amides is 1. The Hall–Kier alpha value is -2.62. The van der Waals surface area contributed by atoms with Crippen LogP contribution in [0.4, 0.5) is 0 Å². The second-order valence-corrected chi connectivity index (χ2v) is 4.71. The van der Waals surface area contributed by atoms with E-state index in [-0.39, 0.29) is 11.3 Å². The molecule has 21 heavy (non-hydrogen) atoms. The lowest BCUT2D eigenvalue weighted by Gasteiger charge is -2.05. The van der Waals surface area contributed by atoms with E-state index in [4.69, 9.17) is 0 Å². The van der Waals surface area contributed by atoms with Crippen LogP contribution in [0.2, 0.25) is 0 Å². The lowest BCUT2D eigenvalue weighted by Crippen LogP contribution is -2.19. The molecule has 0 bridgehead atoms. The van der Waals surface area contributed by atoms with E-state index in [1.54, 1.807) is 18.2 Å². The van der Waals surface area contributed by atoms with Gasteiger partial charge in [-0.05, 0) is 36.6 Å². The van der Waals surface area contributed by atoms with Gasteiger partial charge < -0.3 is 5.11 Å². The molecular weight excluding hydrogens is 264 g/mol. The summed E-state index contributed by atoms with van der Waals surface area (Å²) in [6, 6.07) is 14.4. The number of aromatic hydroxyl groups is 1. The zero-order valence-corrected chi connectivity index (χ0v) is 12.1. The SMILES string of the molecule is CCc1ccc(/C(C)=N/NC(=O)c2ccccc2O)cc1. The monoisotopic (exact) mass is 282 g/mol. The van der Waals surface area contributed by atoms with Crippen molar-refractivity contribution in [2.45, 2.75) is 20.3 Å². The third-order valence-electron chi connectivity index (χ3n) is 3.25. The molecule has 0 unspecified atom stereocenters. The van der Waals surface area contributed by atoms with Crippen LogP contribution in [0.3, 0.4) is 0 Å². The first-order chi connectivity index (χ1) is 10.1. The molecule has 1 amide bonds. The van der Waals surface area contributed by atoms with Gasteiger partial charge in [0.1, 0.15) is 5.75 Å². The van der Waals surface area contributed by atoms with Gasteiger partial charge in [0.15, 0.2) is 0 Å². The van der Waals surface area contributed by atoms with Crippen LogP contribution in [-0.2, 0) is 6.42 Å². The van der Waals surface area contributed by atoms with Gasteiger partial charge in [-0.15, -0.1) is 0 Å². The number of phenols is 1. The van der Waals surface area contributed by atoms with Crippen molar-refractivity contribution in [1.29, 1.82) is 0 Å². The van der Waals surface area contributed by atoms with Crippen molar-refractivity contribution in [2.24, 2.45) is 5.10 Å². The number of aryl methyl sites for hydroxylation is 1. The summed E-state index contributed by atoms with van der Waals surface area (Å²) in [5.41, 5.74) is 5.57. The Morgan fingerprint density at radius 3 is 2.43 bits per heavy atom. The Morgan fingerprint density at radius 2 is 1.81 bits per heavy atom. The summed E-state index contributed by atoms with van der Waals surface area (Å²) in [5, 5.41) is 13.7. The molecule has 4 nitrogen and oxygen atoms in total. The van der Waals surface area contributed by atoms with Crippen LogP contribution in [-0.4, -0.2) is 16.7 Å². The number of benzene rings is 2. The smallest absolute Gasteiger partial charge is 0.275 e. The van der Waals surface area contributed by atoms with Crippen molar-refractivity contribution < 1.29 is 9.90 Å². The number of carbonyl (C=O) groups excluding carboxylic acids is 1. The third kappa shape index (κ3) is 3.69. The van der Waals surface area contributed by atoms with Crippen LogP contribution in [0.1, 0.15) is 35.3 Å². The summed E-state index contributed by atoms with van der Waals surface area (Å²) < 4.78 is 0. The molecule has 0 fully saturated rings. The minimum Gasteiger partial charge on any atom is -0.507 e. The van der Waals surface area contributed by atoms with Gasteiger partial charge in [0, 0.05) is 0 Å². The average molecular weight is 282 g/mol. The Morgan fingerprint density at radius 1 is 1.14 bits per heavy atom. The molecule has 0 spiro atoms. The Kier molecular flexibility index (Phi) is 4.72. The first-order valence-corrected chi connectivity index (χ1v) is 6.83. The topological polar surface area (TPSA) is 61.7 Å². The summed E-state index contributed by atoms with van der Waals surface area (Å²) in [6.45, 7) is 3.93. The first-order valence-electron chi connectivity index (χ1n) is 6.83. The number of rotatable bonds is 4. The maximum atomic E-state index is 11.9. The maximum absolute atomic E-state index is 11.9. The molecule has 0 saturated heterocycles. The lowest BCUT2D eigenvalue weighted by molar-refractivity contribution is 0.0952. The van der Waals surface area contributed by atoms with E-state index in [0.29, 0.717) is 5.71 Å². The molecule has 4 heteroatoms. The van der Waals surface area contributed by atoms with Gasteiger partial charge in [-0.3, -0.25) is 4.79 Å². The van der Waals surface area contributed by atoms with Gasteiger partial charge >= 0.3 is 0 Å².